The van der Waals surface area contributed by atoms with Crippen molar-refractivity contribution in [3.8, 4) is 0 Å². The van der Waals surface area contributed by atoms with E-state index < -0.39 is 0 Å². The second-order valence-corrected chi connectivity index (χ2v) is 5.05. The Balaban J connectivity index is 2.40. The van der Waals surface area contributed by atoms with E-state index >= 15 is 0 Å². The molecule has 0 radical (unpaired) electrons. The van der Waals surface area contributed by atoms with Gasteiger partial charge in [0.1, 0.15) is 12.2 Å². The van der Waals surface area contributed by atoms with Gasteiger partial charge in [0.05, 0.1) is 5.75 Å². The maximum Gasteiger partial charge on any atom is 0.138 e. The highest BCUT2D eigenvalue weighted by atomic mass is 32.2. The summed E-state index contributed by atoms with van der Waals surface area (Å²) in [6, 6.07) is 0.360. The first-order valence-corrected chi connectivity index (χ1v) is 6.37. The molecular weight excluding hydrogens is 210 g/mol. The summed E-state index contributed by atoms with van der Waals surface area (Å²) in [5.74, 6) is 3.19. The fourth-order valence-corrected chi connectivity index (χ4v) is 2.23. The second kappa shape index (κ2) is 6.12. The number of aliphatic hydroxyl groups is 1. The van der Waals surface area contributed by atoms with Gasteiger partial charge in [0, 0.05) is 12.6 Å². The van der Waals surface area contributed by atoms with E-state index in [9.17, 15) is 0 Å². The van der Waals surface area contributed by atoms with Crippen LogP contribution in [-0.2, 0) is 5.75 Å². The molecule has 0 amide bonds. The van der Waals surface area contributed by atoms with E-state index in [1.807, 2.05) is 11.6 Å². The van der Waals surface area contributed by atoms with Crippen molar-refractivity contribution in [1.82, 2.24) is 14.8 Å². The summed E-state index contributed by atoms with van der Waals surface area (Å²) < 4.78 is 1.94. The van der Waals surface area contributed by atoms with Gasteiger partial charge in [-0.25, -0.2) is 9.67 Å². The van der Waals surface area contributed by atoms with Crippen molar-refractivity contribution in [3.63, 3.8) is 0 Å². The minimum absolute atomic E-state index is 0.254. The molecule has 1 atom stereocenters. The maximum absolute atomic E-state index is 8.89. The number of aliphatic hydroxyl groups excluding tert-OH is 1. The number of hydrogen-bond acceptors (Lipinski definition) is 4. The molecule has 0 saturated carbocycles. The molecule has 1 unspecified atom stereocenters. The monoisotopic (exact) mass is 229 g/mol. The van der Waals surface area contributed by atoms with E-state index in [-0.39, 0.29) is 6.61 Å². The van der Waals surface area contributed by atoms with E-state index in [1.54, 1.807) is 18.1 Å². The molecule has 4 nitrogen and oxygen atoms in total. The normalized spacial score (nSPS) is 13.4. The first-order valence-electron chi connectivity index (χ1n) is 5.22. The zero-order chi connectivity index (χ0) is 11.3. The number of aromatic nitrogens is 3. The SMILES string of the molecule is CC(CO)CSCc1ncnn1C(C)C. The van der Waals surface area contributed by atoms with Gasteiger partial charge in [-0.3, -0.25) is 0 Å². The lowest BCUT2D eigenvalue weighted by Crippen LogP contribution is -2.08. The zero-order valence-corrected chi connectivity index (χ0v) is 10.4. The van der Waals surface area contributed by atoms with Crippen molar-refractivity contribution in [2.75, 3.05) is 12.4 Å². The van der Waals surface area contributed by atoms with Crippen molar-refractivity contribution in [2.24, 2.45) is 5.92 Å². The molecule has 15 heavy (non-hydrogen) atoms. The van der Waals surface area contributed by atoms with Crippen LogP contribution in [0.4, 0.5) is 0 Å². The van der Waals surface area contributed by atoms with Gasteiger partial charge in [0.15, 0.2) is 0 Å². The van der Waals surface area contributed by atoms with Gasteiger partial charge in [0.25, 0.3) is 0 Å². The summed E-state index contributed by atoms with van der Waals surface area (Å²) in [4.78, 5) is 4.23. The Morgan fingerprint density at radius 2 is 2.20 bits per heavy atom. The van der Waals surface area contributed by atoms with E-state index in [4.69, 9.17) is 5.11 Å². The molecule has 0 aliphatic heterocycles. The molecule has 0 spiro atoms. The van der Waals surface area contributed by atoms with Crippen molar-refractivity contribution in [1.29, 1.82) is 0 Å². The summed E-state index contributed by atoms with van der Waals surface area (Å²) >= 11 is 1.79. The highest BCUT2D eigenvalue weighted by Gasteiger charge is 2.08. The molecule has 1 N–H and O–H groups in total. The third-order valence-electron chi connectivity index (χ3n) is 2.08. The fourth-order valence-electron chi connectivity index (χ4n) is 1.21. The van der Waals surface area contributed by atoms with Gasteiger partial charge in [-0.1, -0.05) is 6.92 Å². The van der Waals surface area contributed by atoms with Crippen LogP contribution < -0.4 is 0 Å². The van der Waals surface area contributed by atoms with Crippen LogP contribution in [0.3, 0.4) is 0 Å². The first kappa shape index (κ1) is 12.5. The summed E-state index contributed by atoms with van der Waals surface area (Å²) in [6.07, 6.45) is 1.60. The average molecular weight is 229 g/mol. The van der Waals surface area contributed by atoms with Crippen molar-refractivity contribution in [3.05, 3.63) is 12.2 Å². The summed E-state index contributed by atoms with van der Waals surface area (Å²) in [7, 11) is 0. The topological polar surface area (TPSA) is 50.9 Å². The lowest BCUT2D eigenvalue weighted by molar-refractivity contribution is 0.250. The van der Waals surface area contributed by atoms with Crippen molar-refractivity contribution >= 4 is 11.8 Å². The molecule has 0 bridgehead atoms. The molecule has 86 valence electrons. The third-order valence-corrected chi connectivity index (χ3v) is 3.35. The Hall–Kier alpha value is -0.550. The number of thioether (sulfide) groups is 1. The van der Waals surface area contributed by atoms with Crippen LogP contribution in [-0.4, -0.2) is 32.2 Å². The van der Waals surface area contributed by atoms with Gasteiger partial charge in [0.2, 0.25) is 0 Å². The fraction of sp³-hybridized carbons (Fsp3) is 0.800. The van der Waals surface area contributed by atoms with E-state index in [2.05, 4.69) is 23.9 Å². The Labute approximate surface area is 95.1 Å². The van der Waals surface area contributed by atoms with Crippen LogP contribution in [0.25, 0.3) is 0 Å². The Kier molecular flexibility index (Phi) is 5.11. The van der Waals surface area contributed by atoms with Gasteiger partial charge >= 0.3 is 0 Å². The van der Waals surface area contributed by atoms with Crippen LogP contribution in [0.5, 0.6) is 0 Å². The molecule has 1 rings (SSSR count). The predicted octanol–water partition coefficient (Wildman–Crippen LogP) is 1.72. The lowest BCUT2D eigenvalue weighted by Gasteiger charge is -2.10. The minimum Gasteiger partial charge on any atom is -0.396 e. The number of nitrogens with zero attached hydrogens (tertiary/aromatic N) is 3. The molecule has 0 fully saturated rings. The second-order valence-electron chi connectivity index (χ2n) is 4.02. The van der Waals surface area contributed by atoms with Crippen LogP contribution in [0.15, 0.2) is 6.33 Å². The molecule has 0 saturated heterocycles. The largest absolute Gasteiger partial charge is 0.396 e. The highest BCUT2D eigenvalue weighted by Crippen LogP contribution is 2.15. The Bertz CT molecular complexity index is 288. The van der Waals surface area contributed by atoms with Crippen LogP contribution >= 0.6 is 11.8 Å². The average Bonchev–Trinajstić information content (AvgIpc) is 2.65. The Morgan fingerprint density at radius 3 is 2.80 bits per heavy atom. The molecule has 1 aromatic rings. The predicted molar refractivity (Wildman–Crippen MR) is 62.8 cm³/mol. The van der Waals surface area contributed by atoms with E-state index in [0.29, 0.717) is 12.0 Å². The third kappa shape index (κ3) is 3.83. The molecule has 0 aliphatic carbocycles. The summed E-state index contributed by atoms with van der Waals surface area (Å²) in [5, 5.41) is 13.1. The van der Waals surface area contributed by atoms with Gasteiger partial charge in [-0.2, -0.15) is 16.9 Å². The smallest absolute Gasteiger partial charge is 0.138 e. The summed E-state index contributed by atoms with van der Waals surface area (Å²) in [6.45, 7) is 6.49. The number of hydrogen-bond donors (Lipinski definition) is 1. The van der Waals surface area contributed by atoms with Crippen LogP contribution in [0, 0.1) is 5.92 Å². The molecule has 5 heteroatoms. The summed E-state index contributed by atoms with van der Waals surface area (Å²) in [5.41, 5.74) is 0. The van der Waals surface area contributed by atoms with Crippen LogP contribution in [0.1, 0.15) is 32.6 Å². The molecular formula is C10H19N3OS. The van der Waals surface area contributed by atoms with E-state index in [0.717, 1.165) is 17.3 Å². The Morgan fingerprint density at radius 1 is 1.47 bits per heavy atom. The minimum atomic E-state index is 0.254. The molecule has 0 aromatic carbocycles. The highest BCUT2D eigenvalue weighted by molar-refractivity contribution is 7.98. The quantitative estimate of drug-likeness (QED) is 0.807. The first-order chi connectivity index (χ1) is 7.15. The van der Waals surface area contributed by atoms with Gasteiger partial charge in [-0.15, -0.1) is 0 Å². The maximum atomic E-state index is 8.89. The van der Waals surface area contributed by atoms with Crippen LogP contribution in [0.2, 0.25) is 0 Å². The van der Waals surface area contributed by atoms with Crippen molar-refractivity contribution < 1.29 is 5.11 Å². The molecule has 1 aromatic heterocycles. The molecule has 0 aliphatic rings. The van der Waals surface area contributed by atoms with E-state index in [1.165, 1.54) is 0 Å². The van der Waals surface area contributed by atoms with Gasteiger partial charge < -0.3 is 5.11 Å². The van der Waals surface area contributed by atoms with Gasteiger partial charge in [-0.05, 0) is 25.5 Å². The zero-order valence-electron chi connectivity index (χ0n) is 9.55. The molecule has 1 heterocycles. The number of rotatable bonds is 6. The lowest BCUT2D eigenvalue weighted by atomic mass is 10.2. The standard InChI is InChI=1S/C10H19N3OS/c1-8(2)13-10(11-7-12-13)6-15-5-9(3)4-14/h7-9,14H,4-6H2,1-3H3. The van der Waals surface area contributed by atoms with Crippen molar-refractivity contribution in [2.45, 2.75) is 32.6 Å².